The first kappa shape index (κ1) is 18.5. The van der Waals surface area contributed by atoms with E-state index in [1.807, 2.05) is 24.3 Å². The Morgan fingerprint density at radius 2 is 2.12 bits per heavy atom. The summed E-state index contributed by atoms with van der Waals surface area (Å²) in [6, 6.07) is 7.29. The zero-order valence-electron chi connectivity index (χ0n) is 15.3. The quantitative estimate of drug-likeness (QED) is 0.878. The normalized spacial score (nSPS) is 24.0. The molecule has 2 atom stereocenters. The second kappa shape index (κ2) is 7.53. The van der Waals surface area contributed by atoms with Crippen molar-refractivity contribution >= 4 is 35.2 Å². The second-order valence-electron chi connectivity index (χ2n) is 6.76. The van der Waals surface area contributed by atoms with Crippen LogP contribution in [0.1, 0.15) is 20.3 Å². The summed E-state index contributed by atoms with van der Waals surface area (Å²) < 4.78 is 0. The van der Waals surface area contributed by atoms with Gasteiger partial charge in [0.15, 0.2) is 5.96 Å². The van der Waals surface area contributed by atoms with Crippen LogP contribution < -0.4 is 10.2 Å². The van der Waals surface area contributed by atoms with Gasteiger partial charge in [0.05, 0.1) is 6.42 Å². The largest absolute Gasteiger partial charge is 0.335 e. The van der Waals surface area contributed by atoms with E-state index in [1.54, 1.807) is 18.9 Å². The molecule has 1 fully saturated rings. The Morgan fingerprint density at radius 3 is 2.81 bits per heavy atom. The van der Waals surface area contributed by atoms with Crippen molar-refractivity contribution < 1.29 is 9.59 Å². The third kappa shape index (κ3) is 3.62. The van der Waals surface area contributed by atoms with E-state index >= 15 is 0 Å². The number of nitrogens with one attached hydrogen (secondary N) is 1. The van der Waals surface area contributed by atoms with Crippen LogP contribution in [-0.4, -0.2) is 60.5 Å². The van der Waals surface area contributed by atoms with Gasteiger partial charge < -0.3 is 15.1 Å². The van der Waals surface area contributed by atoms with Gasteiger partial charge in [-0.25, -0.2) is 4.79 Å². The number of guanidine groups is 1. The van der Waals surface area contributed by atoms with E-state index in [9.17, 15) is 9.59 Å². The molecule has 3 amide bonds. The summed E-state index contributed by atoms with van der Waals surface area (Å²) >= 11 is 6.14. The van der Waals surface area contributed by atoms with Crippen LogP contribution in [0.3, 0.4) is 0 Å². The minimum absolute atomic E-state index is 0.174. The van der Waals surface area contributed by atoms with Crippen LogP contribution in [0.4, 0.5) is 10.5 Å². The standard InChI is InChI=1S/C18H24ClN5O2/c1-4-23-16(25)9-15(22(3)18(23)26)21-17-20-10-12(2)11-24(17)14-7-5-6-13(19)8-14/h5-8,12,15H,4,9-11H2,1-3H3,(H,20,21). The molecule has 1 aromatic rings. The molecule has 1 aromatic carbocycles. The summed E-state index contributed by atoms with van der Waals surface area (Å²) in [6.45, 7) is 5.79. The van der Waals surface area contributed by atoms with Crippen molar-refractivity contribution in [2.45, 2.75) is 26.4 Å². The van der Waals surface area contributed by atoms with Gasteiger partial charge >= 0.3 is 6.03 Å². The lowest BCUT2D eigenvalue weighted by molar-refractivity contribution is -0.132. The molecule has 1 saturated heterocycles. The van der Waals surface area contributed by atoms with Gasteiger partial charge in [-0.15, -0.1) is 0 Å². The Hall–Kier alpha value is -2.28. The Labute approximate surface area is 158 Å². The van der Waals surface area contributed by atoms with Crippen molar-refractivity contribution in [3.63, 3.8) is 0 Å². The SMILES string of the molecule is CCN1C(=O)CC(NC2=NCC(C)CN2c2cccc(Cl)c2)N(C)C1=O. The molecule has 7 nitrogen and oxygen atoms in total. The van der Waals surface area contributed by atoms with Gasteiger partial charge in [-0.05, 0) is 31.0 Å². The van der Waals surface area contributed by atoms with E-state index in [2.05, 4.69) is 22.1 Å². The topological polar surface area (TPSA) is 68.2 Å². The zero-order valence-corrected chi connectivity index (χ0v) is 16.0. The van der Waals surface area contributed by atoms with Gasteiger partial charge in [-0.3, -0.25) is 14.7 Å². The lowest BCUT2D eigenvalue weighted by atomic mass is 10.1. The van der Waals surface area contributed by atoms with Crippen molar-refractivity contribution in [1.82, 2.24) is 15.1 Å². The maximum Gasteiger partial charge on any atom is 0.328 e. The predicted octanol–water partition coefficient (Wildman–Crippen LogP) is 2.37. The number of carbonyl (C=O) groups is 2. The summed E-state index contributed by atoms with van der Waals surface area (Å²) in [7, 11) is 1.70. The molecule has 2 unspecified atom stereocenters. The fourth-order valence-corrected chi connectivity index (χ4v) is 3.41. The first-order valence-electron chi connectivity index (χ1n) is 8.82. The van der Waals surface area contributed by atoms with Crippen LogP contribution in [0.5, 0.6) is 0 Å². The Kier molecular flexibility index (Phi) is 5.36. The first-order valence-corrected chi connectivity index (χ1v) is 9.19. The highest BCUT2D eigenvalue weighted by molar-refractivity contribution is 6.30. The molecule has 0 spiro atoms. The highest BCUT2D eigenvalue weighted by Gasteiger charge is 2.37. The molecular weight excluding hydrogens is 354 g/mol. The zero-order chi connectivity index (χ0) is 18.8. The smallest absolute Gasteiger partial charge is 0.328 e. The van der Waals surface area contributed by atoms with Crippen LogP contribution in [0, 0.1) is 5.92 Å². The Morgan fingerprint density at radius 1 is 1.35 bits per heavy atom. The number of aliphatic imine (C=N–C) groups is 1. The summed E-state index contributed by atoms with van der Waals surface area (Å²) in [5.41, 5.74) is 0.932. The first-order chi connectivity index (χ1) is 12.4. The van der Waals surface area contributed by atoms with E-state index < -0.39 is 6.17 Å². The second-order valence-corrected chi connectivity index (χ2v) is 7.19. The van der Waals surface area contributed by atoms with E-state index in [4.69, 9.17) is 11.6 Å². The van der Waals surface area contributed by atoms with Crippen molar-refractivity contribution in [2.75, 3.05) is 31.6 Å². The maximum atomic E-state index is 12.4. The van der Waals surface area contributed by atoms with Crippen LogP contribution in [0.15, 0.2) is 29.3 Å². The molecule has 0 bridgehead atoms. The number of carbonyl (C=O) groups excluding carboxylic acids is 2. The number of benzene rings is 1. The van der Waals surface area contributed by atoms with Gasteiger partial charge in [0.2, 0.25) is 5.91 Å². The number of urea groups is 1. The number of halogens is 1. The van der Waals surface area contributed by atoms with Crippen molar-refractivity contribution in [2.24, 2.45) is 10.9 Å². The minimum atomic E-state index is -0.424. The third-order valence-electron chi connectivity index (χ3n) is 4.70. The molecule has 140 valence electrons. The fraction of sp³-hybridized carbons (Fsp3) is 0.500. The van der Waals surface area contributed by atoms with Gasteiger partial charge in [0, 0.05) is 37.4 Å². The number of hydrogen-bond donors (Lipinski definition) is 1. The molecular formula is C18H24ClN5O2. The van der Waals surface area contributed by atoms with Crippen LogP contribution in [0.2, 0.25) is 5.02 Å². The monoisotopic (exact) mass is 377 g/mol. The molecule has 3 rings (SSSR count). The summed E-state index contributed by atoms with van der Waals surface area (Å²) in [5.74, 6) is 0.877. The number of anilines is 1. The molecule has 0 radical (unpaired) electrons. The maximum absolute atomic E-state index is 12.4. The van der Waals surface area contributed by atoms with E-state index in [0.29, 0.717) is 30.0 Å². The van der Waals surface area contributed by atoms with Gasteiger partial charge in [0.25, 0.3) is 0 Å². The van der Waals surface area contributed by atoms with E-state index in [1.165, 1.54) is 4.90 Å². The molecule has 0 saturated carbocycles. The number of amides is 3. The molecule has 26 heavy (non-hydrogen) atoms. The number of nitrogens with zero attached hydrogens (tertiary/aromatic N) is 4. The average Bonchev–Trinajstić information content (AvgIpc) is 2.61. The van der Waals surface area contributed by atoms with Crippen LogP contribution in [-0.2, 0) is 4.79 Å². The highest BCUT2D eigenvalue weighted by atomic mass is 35.5. The summed E-state index contributed by atoms with van der Waals surface area (Å²) in [5, 5.41) is 3.94. The third-order valence-corrected chi connectivity index (χ3v) is 4.94. The number of imide groups is 1. The molecule has 2 aliphatic rings. The average molecular weight is 378 g/mol. The molecule has 0 aliphatic carbocycles. The molecule has 1 N–H and O–H groups in total. The van der Waals surface area contributed by atoms with Crippen LogP contribution >= 0.6 is 11.6 Å². The lowest BCUT2D eigenvalue weighted by Crippen LogP contribution is -2.63. The molecule has 2 heterocycles. The number of hydrogen-bond acceptors (Lipinski definition) is 5. The molecule has 8 heteroatoms. The van der Waals surface area contributed by atoms with Crippen molar-refractivity contribution in [3.8, 4) is 0 Å². The van der Waals surface area contributed by atoms with Crippen molar-refractivity contribution in [1.29, 1.82) is 0 Å². The van der Waals surface area contributed by atoms with Gasteiger partial charge in [-0.2, -0.15) is 0 Å². The van der Waals surface area contributed by atoms with E-state index in [0.717, 1.165) is 12.2 Å². The fourth-order valence-electron chi connectivity index (χ4n) is 3.23. The lowest BCUT2D eigenvalue weighted by Gasteiger charge is -2.41. The van der Waals surface area contributed by atoms with Gasteiger partial charge in [0.1, 0.15) is 6.17 Å². The Bertz CT molecular complexity index is 738. The predicted molar refractivity (Wildman–Crippen MR) is 102 cm³/mol. The molecule has 0 aromatic heterocycles. The summed E-state index contributed by atoms with van der Waals surface area (Å²) in [6.07, 6.45) is -0.208. The van der Waals surface area contributed by atoms with Crippen LogP contribution in [0.25, 0.3) is 0 Å². The van der Waals surface area contributed by atoms with Crippen molar-refractivity contribution in [3.05, 3.63) is 29.3 Å². The highest BCUT2D eigenvalue weighted by Crippen LogP contribution is 2.24. The molecule has 2 aliphatic heterocycles. The number of rotatable bonds is 3. The van der Waals surface area contributed by atoms with E-state index in [-0.39, 0.29) is 18.4 Å². The van der Waals surface area contributed by atoms with Gasteiger partial charge in [-0.1, -0.05) is 24.6 Å². The Balaban J connectivity index is 1.82. The summed E-state index contributed by atoms with van der Waals surface area (Å²) in [4.78, 5) is 34.1. The minimum Gasteiger partial charge on any atom is -0.335 e.